The third-order valence-electron chi connectivity index (χ3n) is 2.61. The van der Waals surface area contributed by atoms with Crippen LogP contribution in [-0.2, 0) is 24.0 Å². The molecule has 0 aliphatic carbocycles. The van der Waals surface area contributed by atoms with E-state index in [-0.39, 0.29) is 25.0 Å². The summed E-state index contributed by atoms with van der Waals surface area (Å²) in [5.41, 5.74) is 0. The lowest BCUT2D eigenvalue weighted by atomic mass is 10.1. The second-order valence-electron chi connectivity index (χ2n) is 4.31. The third-order valence-corrected chi connectivity index (χ3v) is 2.61. The molecule has 0 aromatic heterocycles. The van der Waals surface area contributed by atoms with Gasteiger partial charge in [0, 0.05) is 25.7 Å². The summed E-state index contributed by atoms with van der Waals surface area (Å²) in [5, 5.41) is 0.553. The zero-order valence-corrected chi connectivity index (χ0v) is 10.4. The SMILES string of the molecule is CC(=O)CCCCCC(=O)ON1C(=O)CCC1=O. The first-order chi connectivity index (χ1) is 8.50. The molecule has 0 saturated carbocycles. The van der Waals surface area contributed by atoms with Crippen LogP contribution < -0.4 is 0 Å². The Balaban J connectivity index is 2.16. The van der Waals surface area contributed by atoms with Gasteiger partial charge in [0.05, 0.1) is 0 Å². The molecule has 0 spiro atoms. The minimum Gasteiger partial charge on any atom is -0.330 e. The fourth-order valence-corrected chi connectivity index (χ4v) is 1.63. The number of hydroxylamine groups is 2. The molecule has 0 aromatic carbocycles. The fraction of sp³-hybridized carbons (Fsp3) is 0.667. The van der Waals surface area contributed by atoms with Crippen molar-refractivity contribution < 1.29 is 24.0 Å². The molecule has 6 nitrogen and oxygen atoms in total. The van der Waals surface area contributed by atoms with Crippen molar-refractivity contribution >= 4 is 23.6 Å². The van der Waals surface area contributed by atoms with Crippen LogP contribution in [0.3, 0.4) is 0 Å². The number of nitrogens with zero attached hydrogens (tertiary/aromatic N) is 1. The second-order valence-corrected chi connectivity index (χ2v) is 4.31. The molecule has 0 atom stereocenters. The highest BCUT2D eigenvalue weighted by atomic mass is 16.7. The van der Waals surface area contributed by atoms with Crippen LogP contribution in [0.2, 0.25) is 0 Å². The number of hydrogen-bond acceptors (Lipinski definition) is 5. The van der Waals surface area contributed by atoms with Crippen molar-refractivity contribution in [2.45, 2.75) is 51.9 Å². The van der Waals surface area contributed by atoms with E-state index in [0.717, 1.165) is 12.8 Å². The Morgan fingerprint density at radius 3 is 2.17 bits per heavy atom. The van der Waals surface area contributed by atoms with Crippen LogP contribution in [-0.4, -0.2) is 28.6 Å². The summed E-state index contributed by atoms with van der Waals surface area (Å²) in [5.74, 6) is -1.39. The lowest BCUT2D eigenvalue weighted by Crippen LogP contribution is -2.31. The molecule has 0 unspecified atom stereocenters. The van der Waals surface area contributed by atoms with Gasteiger partial charge in [0.1, 0.15) is 5.78 Å². The molecule has 1 aliphatic rings. The van der Waals surface area contributed by atoms with Crippen LogP contribution in [0, 0.1) is 0 Å². The minimum atomic E-state index is -0.582. The first kappa shape index (κ1) is 14.3. The highest BCUT2D eigenvalue weighted by Gasteiger charge is 2.32. The standard InChI is InChI=1S/C12H17NO5/c1-9(14)5-3-2-4-6-12(17)18-13-10(15)7-8-11(13)16/h2-8H2,1H3. The second kappa shape index (κ2) is 6.88. The number of Topliss-reactive ketones (excluding diaryl/α,β-unsaturated/α-hetero) is 1. The van der Waals surface area contributed by atoms with Crippen LogP contribution in [0.4, 0.5) is 0 Å². The molecular weight excluding hydrogens is 238 g/mol. The van der Waals surface area contributed by atoms with E-state index in [1.807, 2.05) is 0 Å². The highest BCUT2D eigenvalue weighted by Crippen LogP contribution is 2.13. The van der Waals surface area contributed by atoms with Gasteiger partial charge in [-0.05, 0) is 19.8 Å². The first-order valence-corrected chi connectivity index (χ1v) is 6.06. The van der Waals surface area contributed by atoms with Crippen molar-refractivity contribution in [3.05, 3.63) is 0 Å². The normalized spacial score (nSPS) is 15.1. The van der Waals surface area contributed by atoms with Gasteiger partial charge in [-0.25, -0.2) is 4.79 Å². The molecule has 1 heterocycles. The van der Waals surface area contributed by atoms with Crippen molar-refractivity contribution in [2.75, 3.05) is 0 Å². The van der Waals surface area contributed by atoms with E-state index >= 15 is 0 Å². The average molecular weight is 255 g/mol. The Bertz CT molecular complexity index is 347. The monoisotopic (exact) mass is 255 g/mol. The average Bonchev–Trinajstić information content (AvgIpc) is 2.60. The van der Waals surface area contributed by atoms with Gasteiger partial charge in [-0.3, -0.25) is 9.59 Å². The van der Waals surface area contributed by atoms with E-state index in [4.69, 9.17) is 4.84 Å². The van der Waals surface area contributed by atoms with Gasteiger partial charge >= 0.3 is 5.97 Å². The predicted octanol–water partition coefficient (Wildman–Crippen LogP) is 1.13. The largest absolute Gasteiger partial charge is 0.333 e. The van der Waals surface area contributed by atoms with Crippen LogP contribution in [0.15, 0.2) is 0 Å². The molecule has 1 saturated heterocycles. The van der Waals surface area contributed by atoms with Crippen LogP contribution >= 0.6 is 0 Å². The maximum atomic E-state index is 11.4. The molecule has 0 radical (unpaired) electrons. The summed E-state index contributed by atoms with van der Waals surface area (Å²) in [6.45, 7) is 1.53. The zero-order chi connectivity index (χ0) is 13.5. The number of carbonyl (C=O) groups excluding carboxylic acids is 4. The summed E-state index contributed by atoms with van der Waals surface area (Å²) in [4.78, 5) is 49.0. The molecule has 1 rings (SSSR count). The Morgan fingerprint density at radius 1 is 1.06 bits per heavy atom. The quantitative estimate of drug-likeness (QED) is 0.503. The maximum Gasteiger partial charge on any atom is 0.333 e. The van der Waals surface area contributed by atoms with Crippen molar-refractivity contribution in [3.8, 4) is 0 Å². The van der Waals surface area contributed by atoms with Crippen LogP contribution in [0.5, 0.6) is 0 Å². The van der Waals surface area contributed by atoms with Gasteiger partial charge in [-0.1, -0.05) is 6.42 Å². The summed E-state index contributed by atoms with van der Waals surface area (Å²) in [7, 11) is 0. The number of carbonyl (C=O) groups is 4. The van der Waals surface area contributed by atoms with E-state index in [1.54, 1.807) is 0 Å². The van der Waals surface area contributed by atoms with E-state index in [1.165, 1.54) is 6.92 Å². The predicted molar refractivity (Wildman–Crippen MR) is 60.9 cm³/mol. The molecule has 2 amide bonds. The van der Waals surface area contributed by atoms with Gasteiger partial charge in [0.2, 0.25) is 0 Å². The van der Waals surface area contributed by atoms with Gasteiger partial charge in [0.25, 0.3) is 11.8 Å². The Morgan fingerprint density at radius 2 is 1.61 bits per heavy atom. The number of imide groups is 1. The van der Waals surface area contributed by atoms with Crippen molar-refractivity contribution in [3.63, 3.8) is 0 Å². The molecule has 1 fully saturated rings. The van der Waals surface area contributed by atoms with Gasteiger partial charge in [0.15, 0.2) is 0 Å². The Hall–Kier alpha value is -1.72. The lowest BCUT2D eigenvalue weighted by Gasteiger charge is -2.12. The highest BCUT2D eigenvalue weighted by molar-refractivity contribution is 6.01. The number of rotatable bonds is 7. The van der Waals surface area contributed by atoms with E-state index in [2.05, 4.69) is 0 Å². The molecule has 1 aliphatic heterocycles. The molecule has 6 heteroatoms. The summed E-state index contributed by atoms with van der Waals surface area (Å²) < 4.78 is 0. The Labute approximate surface area is 105 Å². The fourth-order valence-electron chi connectivity index (χ4n) is 1.63. The molecular formula is C12H17NO5. The minimum absolute atomic E-state index is 0.102. The smallest absolute Gasteiger partial charge is 0.330 e. The molecule has 0 aromatic rings. The van der Waals surface area contributed by atoms with E-state index in [0.29, 0.717) is 17.9 Å². The van der Waals surface area contributed by atoms with Crippen LogP contribution in [0.25, 0.3) is 0 Å². The summed E-state index contributed by atoms with van der Waals surface area (Å²) >= 11 is 0. The van der Waals surface area contributed by atoms with Gasteiger partial charge in [-0.2, -0.15) is 0 Å². The van der Waals surface area contributed by atoms with Gasteiger partial charge in [-0.15, -0.1) is 5.06 Å². The molecule has 0 N–H and O–H groups in total. The number of unbranched alkanes of at least 4 members (excludes halogenated alkanes) is 2. The van der Waals surface area contributed by atoms with Crippen LogP contribution in [0.1, 0.15) is 51.9 Å². The van der Waals surface area contributed by atoms with E-state index in [9.17, 15) is 19.2 Å². The molecule has 100 valence electrons. The third kappa shape index (κ3) is 4.65. The molecule has 0 bridgehead atoms. The first-order valence-electron chi connectivity index (χ1n) is 6.06. The van der Waals surface area contributed by atoms with Crippen molar-refractivity contribution in [1.82, 2.24) is 5.06 Å². The molecule has 18 heavy (non-hydrogen) atoms. The Kier molecular flexibility index (Phi) is 5.48. The topological polar surface area (TPSA) is 80.8 Å². The van der Waals surface area contributed by atoms with Crippen molar-refractivity contribution in [1.29, 1.82) is 0 Å². The zero-order valence-electron chi connectivity index (χ0n) is 10.4. The maximum absolute atomic E-state index is 11.4. The van der Waals surface area contributed by atoms with E-state index < -0.39 is 17.8 Å². The number of ketones is 1. The lowest BCUT2D eigenvalue weighted by molar-refractivity contribution is -0.197. The summed E-state index contributed by atoms with van der Waals surface area (Å²) in [6, 6.07) is 0. The summed E-state index contributed by atoms with van der Waals surface area (Å²) in [6.07, 6.45) is 2.94. The number of hydrogen-bond donors (Lipinski definition) is 0. The van der Waals surface area contributed by atoms with Gasteiger partial charge < -0.3 is 9.63 Å². The van der Waals surface area contributed by atoms with Crippen molar-refractivity contribution in [2.24, 2.45) is 0 Å². The number of amides is 2.